The lowest BCUT2D eigenvalue weighted by Gasteiger charge is -2.19. The maximum Gasteiger partial charge on any atom is 0.308 e. The van der Waals surface area contributed by atoms with Crippen LogP contribution in [0.25, 0.3) is 5.76 Å². The third-order valence-electron chi connectivity index (χ3n) is 5.31. The molecule has 0 heterocycles. The van der Waals surface area contributed by atoms with Gasteiger partial charge >= 0.3 is 5.97 Å². The van der Waals surface area contributed by atoms with Gasteiger partial charge in [-0.15, -0.1) is 0 Å². The first kappa shape index (κ1) is 24.6. The van der Waals surface area contributed by atoms with Crippen LogP contribution in [0.1, 0.15) is 29.2 Å². The summed E-state index contributed by atoms with van der Waals surface area (Å²) in [4.78, 5) is 11.6. The number of carbonyl (C=O) groups is 1. The molecule has 0 N–H and O–H groups in total. The summed E-state index contributed by atoms with van der Waals surface area (Å²) in [5.41, 5.74) is 3.57. The normalized spacial score (nSPS) is 10.4. The van der Waals surface area contributed by atoms with Gasteiger partial charge in [0.25, 0.3) is 0 Å². The maximum atomic E-state index is 11.6. The summed E-state index contributed by atoms with van der Waals surface area (Å²) in [5.74, 6) is 1.13. The fraction of sp³-hybridized carbons (Fsp3) is 0.129. The summed E-state index contributed by atoms with van der Waals surface area (Å²) < 4.78 is 23.9. The van der Waals surface area contributed by atoms with Crippen molar-refractivity contribution in [3.8, 4) is 17.2 Å². The summed E-state index contributed by atoms with van der Waals surface area (Å²) >= 11 is 0. The average Bonchev–Trinajstić information content (AvgIpc) is 2.91. The highest BCUT2D eigenvalue weighted by molar-refractivity contribution is 5.77. The van der Waals surface area contributed by atoms with Gasteiger partial charge < -0.3 is 18.9 Å². The number of hydrogen-bond acceptors (Lipinski definition) is 5. The van der Waals surface area contributed by atoms with E-state index in [-0.39, 0.29) is 5.76 Å². The molecule has 0 aliphatic rings. The zero-order valence-electron chi connectivity index (χ0n) is 20.2. The first-order chi connectivity index (χ1) is 17.6. The highest BCUT2D eigenvalue weighted by atomic mass is 16.5. The average molecular weight is 481 g/mol. The Morgan fingerprint density at radius 2 is 1.03 bits per heavy atom. The van der Waals surface area contributed by atoms with Gasteiger partial charge in [0.2, 0.25) is 5.75 Å². The lowest BCUT2D eigenvalue weighted by molar-refractivity contribution is -0.134. The Hall–Kier alpha value is -4.51. The van der Waals surface area contributed by atoms with Crippen molar-refractivity contribution >= 4 is 11.7 Å². The number of rotatable bonds is 11. The Morgan fingerprint density at radius 1 is 0.639 bits per heavy atom. The number of ether oxygens (including phenoxy) is 4. The second-order valence-corrected chi connectivity index (χ2v) is 8.14. The number of carbonyl (C=O) groups excluding carboxylic acids is 1. The molecule has 4 aromatic carbocycles. The van der Waals surface area contributed by atoms with Gasteiger partial charge in [-0.25, -0.2) is 0 Å². The molecule has 182 valence electrons. The van der Waals surface area contributed by atoms with Crippen molar-refractivity contribution in [2.45, 2.75) is 26.7 Å². The summed E-state index contributed by atoms with van der Waals surface area (Å²) in [7, 11) is 0. The Kier molecular flexibility index (Phi) is 8.39. The summed E-state index contributed by atoms with van der Waals surface area (Å²) in [6.45, 7) is 6.22. The van der Waals surface area contributed by atoms with Gasteiger partial charge in [-0.1, -0.05) is 97.6 Å². The lowest BCUT2D eigenvalue weighted by Crippen LogP contribution is -2.06. The van der Waals surface area contributed by atoms with Gasteiger partial charge in [0.05, 0.1) is 0 Å². The minimum absolute atomic E-state index is 0.200. The maximum absolute atomic E-state index is 11.6. The van der Waals surface area contributed by atoms with Crippen molar-refractivity contribution in [1.82, 2.24) is 0 Å². The molecule has 0 unspecified atom stereocenters. The van der Waals surface area contributed by atoms with Crippen molar-refractivity contribution < 1.29 is 23.7 Å². The predicted molar refractivity (Wildman–Crippen MR) is 140 cm³/mol. The van der Waals surface area contributed by atoms with Gasteiger partial charge in [-0.05, 0) is 28.8 Å². The van der Waals surface area contributed by atoms with E-state index in [1.165, 1.54) is 6.92 Å². The summed E-state index contributed by atoms with van der Waals surface area (Å²) in [6, 6.07) is 33.1. The van der Waals surface area contributed by atoms with E-state index in [1.807, 2.05) is 91.0 Å². The minimum Gasteiger partial charge on any atom is -0.485 e. The predicted octanol–water partition coefficient (Wildman–Crippen LogP) is 6.96. The molecule has 0 saturated carbocycles. The third-order valence-corrected chi connectivity index (χ3v) is 5.31. The van der Waals surface area contributed by atoms with Gasteiger partial charge in [0.15, 0.2) is 11.5 Å². The van der Waals surface area contributed by atoms with E-state index in [9.17, 15) is 4.79 Å². The highest BCUT2D eigenvalue weighted by Crippen LogP contribution is 2.42. The lowest BCUT2D eigenvalue weighted by atomic mass is 10.1. The number of benzene rings is 4. The van der Waals surface area contributed by atoms with Crippen LogP contribution in [-0.4, -0.2) is 5.97 Å². The topological polar surface area (TPSA) is 54.0 Å². The van der Waals surface area contributed by atoms with Crippen LogP contribution in [0.4, 0.5) is 0 Å². The molecular formula is C31H28O5. The first-order valence-corrected chi connectivity index (χ1v) is 11.6. The molecule has 5 nitrogen and oxygen atoms in total. The van der Waals surface area contributed by atoms with E-state index in [4.69, 9.17) is 18.9 Å². The Bertz CT molecular complexity index is 1220. The summed E-state index contributed by atoms with van der Waals surface area (Å²) in [5, 5.41) is 0. The van der Waals surface area contributed by atoms with Crippen LogP contribution < -0.4 is 14.2 Å². The van der Waals surface area contributed by atoms with Crippen molar-refractivity contribution in [1.29, 1.82) is 0 Å². The van der Waals surface area contributed by atoms with E-state index in [1.54, 1.807) is 12.1 Å². The SMILES string of the molecule is C=C(OC(C)=O)c1cc(OCc2ccccc2)c(OCc2ccccc2)c(OCc2ccccc2)c1. The van der Waals surface area contributed by atoms with Crippen LogP contribution in [0, 0.1) is 0 Å². The van der Waals surface area contributed by atoms with Crippen LogP contribution in [-0.2, 0) is 29.4 Å². The second-order valence-electron chi connectivity index (χ2n) is 8.14. The fourth-order valence-corrected chi connectivity index (χ4v) is 3.53. The van der Waals surface area contributed by atoms with Crippen molar-refractivity contribution in [2.24, 2.45) is 0 Å². The molecule has 0 amide bonds. The minimum atomic E-state index is -0.456. The molecule has 0 bridgehead atoms. The van der Waals surface area contributed by atoms with Crippen molar-refractivity contribution in [2.75, 3.05) is 0 Å². The Morgan fingerprint density at radius 3 is 1.42 bits per heavy atom. The quantitative estimate of drug-likeness (QED) is 0.172. The van der Waals surface area contributed by atoms with Crippen molar-refractivity contribution in [3.05, 3.63) is 132 Å². The molecule has 0 saturated heterocycles. The molecule has 0 radical (unpaired) electrons. The summed E-state index contributed by atoms with van der Waals surface area (Å²) in [6.07, 6.45) is 0. The first-order valence-electron chi connectivity index (χ1n) is 11.6. The second kappa shape index (κ2) is 12.3. The molecule has 0 aromatic heterocycles. The molecule has 5 heteroatoms. The molecule has 4 aromatic rings. The molecule has 0 aliphatic heterocycles. The third kappa shape index (κ3) is 7.00. The van der Waals surface area contributed by atoms with E-state index >= 15 is 0 Å². The highest BCUT2D eigenvalue weighted by Gasteiger charge is 2.19. The number of esters is 1. The van der Waals surface area contributed by atoms with E-state index in [2.05, 4.69) is 6.58 Å². The Labute approximate surface area is 211 Å². The largest absolute Gasteiger partial charge is 0.485 e. The smallest absolute Gasteiger partial charge is 0.308 e. The monoisotopic (exact) mass is 480 g/mol. The molecule has 36 heavy (non-hydrogen) atoms. The van der Waals surface area contributed by atoms with E-state index in [0.717, 1.165) is 16.7 Å². The van der Waals surface area contributed by atoms with Crippen LogP contribution in [0.15, 0.2) is 110 Å². The number of hydrogen-bond donors (Lipinski definition) is 0. The Balaban J connectivity index is 1.69. The molecule has 0 aliphatic carbocycles. The van der Waals surface area contributed by atoms with Gasteiger partial charge in [0, 0.05) is 12.5 Å². The molecule has 0 spiro atoms. The zero-order chi connectivity index (χ0) is 25.2. The van der Waals surface area contributed by atoms with Crippen LogP contribution >= 0.6 is 0 Å². The van der Waals surface area contributed by atoms with Crippen LogP contribution in [0.3, 0.4) is 0 Å². The van der Waals surface area contributed by atoms with Crippen LogP contribution in [0.2, 0.25) is 0 Å². The van der Waals surface area contributed by atoms with Gasteiger partial charge in [-0.3, -0.25) is 4.79 Å². The molecule has 4 rings (SSSR count). The molecule has 0 atom stereocenters. The van der Waals surface area contributed by atoms with E-state index in [0.29, 0.717) is 42.6 Å². The molecular weight excluding hydrogens is 452 g/mol. The zero-order valence-corrected chi connectivity index (χ0v) is 20.2. The van der Waals surface area contributed by atoms with Gasteiger partial charge in [-0.2, -0.15) is 0 Å². The van der Waals surface area contributed by atoms with Crippen molar-refractivity contribution in [3.63, 3.8) is 0 Å². The molecule has 0 fully saturated rings. The van der Waals surface area contributed by atoms with Gasteiger partial charge in [0.1, 0.15) is 25.6 Å². The fourth-order valence-electron chi connectivity index (χ4n) is 3.53. The van der Waals surface area contributed by atoms with E-state index < -0.39 is 5.97 Å². The standard InChI is InChI=1S/C31H28O5/c1-23(36-24(2)32)28-18-29(33-20-25-12-6-3-7-13-25)31(35-22-27-16-10-5-11-17-27)30(19-28)34-21-26-14-8-4-9-15-26/h3-19H,1,20-22H2,2H3. The van der Waals surface area contributed by atoms with Crippen LogP contribution in [0.5, 0.6) is 17.2 Å².